The Labute approximate surface area is 201 Å². The fourth-order valence-corrected chi connectivity index (χ4v) is 3.57. The normalized spacial score (nSPS) is 18.8. The van der Waals surface area contributed by atoms with Crippen LogP contribution in [0.4, 0.5) is 0 Å². The molecule has 0 bridgehead atoms. The lowest BCUT2D eigenvalue weighted by molar-refractivity contribution is -0.127. The average Bonchev–Trinajstić information content (AvgIpc) is 3.29. The number of benzene rings is 1. The van der Waals surface area contributed by atoms with Crippen molar-refractivity contribution in [2.75, 3.05) is 40.8 Å². The van der Waals surface area contributed by atoms with E-state index in [0.717, 1.165) is 36.8 Å². The lowest BCUT2D eigenvalue weighted by Crippen LogP contribution is -2.50. The molecular weight excluding hydrogens is 507 g/mol. The summed E-state index contributed by atoms with van der Waals surface area (Å²) >= 11 is 0. The number of carbonyl (C=O) groups is 1. The van der Waals surface area contributed by atoms with Crippen LogP contribution in [0.5, 0.6) is 5.75 Å². The predicted molar refractivity (Wildman–Crippen MR) is 133 cm³/mol. The van der Waals surface area contributed by atoms with Gasteiger partial charge in [0.25, 0.3) is 0 Å². The van der Waals surface area contributed by atoms with E-state index in [1.165, 1.54) is 0 Å². The van der Waals surface area contributed by atoms with Gasteiger partial charge < -0.3 is 24.4 Å². The summed E-state index contributed by atoms with van der Waals surface area (Å²) in [6, 6.07) is 8.21. The van der Waals surface area contributed by atoms with E-state index in [1.54, 1.807) is 26.1 Å². The molecule has 31 heavy (non-hydrogen) atoms. The van der Waals surface area contributed by atoms with Crippen molar-refractivity contribution < 1.29 is 9.53 Å². The molecule has 1 aliphatic heterocycles. The molecule has 1 saturated heterocycles. The third-order valence-electron chi connectivity index (χ3n) is 5.59. The number of halogens is 1. The van der Waals surface area contributed by atoms with Crippen molar-refractivity contribution in [1.29, 1.82) is 0 Å². The number of aromatic nitrogens is 2. The summed E-state index contributed by atoms with van der Waals surface area (Å²) < 4.78 is 7.40. The van der Waals surface area contributed by atoms with E-state index in [0.29, 0.717) is 18.5 Å². The molecule has 0 spiro atoms. The smallest absolute Gasteiger partial charge is 0.241 e. The van der Waals surface area contributed by atoms with Gasteiger partial charge in [0.15, 0.2) is 5.96 Å². The minimum atomic E-state index is 0. The largest absolute Gasteiger partial charge is 0.497 e. The summed E-state index contributed by atoms with van der Waals surface area (Å²) in [6.07, 6.45) is 6.76. The van der Waals surface area contributed by atoms with E-state index in [-0.39, 0.29) is 36.4 Å². The Morgan fingerprint density at radius 2 is 2.06 bits per heavy atom. The Balaban J connectivity index is 0.00000341. The van der Waals surface area contributed by atoms with Gasteiger partial charge in [-0.3, -0.25) is 4.79 Å². The molecule has 0 saturated carbocycles. The highest BCUT2D eigenvalue weighted by atomic mass is 127. The maximum atomic E-state index is 12.1. The maximum Gasteiger partial charge on any atom is 0.241 e. The van der Waals surface area contributed by atoms with Crippen LogP contribution >= 0.6 is 24.0 Å². The SMILES string of the molecule is COc1ccc(CN=C(NCC(=O)N(C)C)N2CCC(C)C(n3ccnc3)C2)cc1.I. The van der Waals surface area contributed by atoms with Gasteiger partial charge in [-0.15, -0.1) is 24.0 Å². The third kappa shape index (κ3) is 6.84. The van der Waals surface area contributed by atoms with Gasteiger partial charge >= 0.3 is 0 Å². The fraction of sp³-hybridized carbons (Fsp3) is 0.500. The monoisotopic (exact) mass is 540 g/mol. The number of guanidine groups is 1. The van der Waals surface area contributed by atoms with E-state index in [9.17, 15) is 4.79 Å². The zero-order chi connectivity index (χ0) is 21.5. The molecule has 0 aliphatic carbocycles. The standard InChI is InChI=1S/C22H32N6O2.HI/c1-17-9-11-27(15-20(17)28-12-10-23-16-28)22(25-14-21(29)26(2)3)24-13-18-5-7-19(30-4)8-6-18;/h5-8,10,12,16-17,20H,9,11,13-15H2,1-4H3,(H,24,25);1H. The number of likely N-dealkylation sites (tertiary alicyclic amines) is 1. The zero-order valence-electron chi connectivity index (χ0n) is 18.7. The molecule has 2 unspecified atom stereocenters. The van der Waals surface area contributed by atoms with Crippen molar-refractivity contribution >= 4 is 35.8 Å². The molecule has 1 fully saturated rings. The molecule has 0 radical (unpaired) electrons. The van der Waals surface area contributed by atoms with Crippen LogP contribution in [0.25, 0.3) is 0 Å². The first-order chi connectivity index (χ1) is 14.5. The third-order valence-corrected chi connectivity index (χ3v) is 5.59. The molecule has 8 nitrogen and oxygen atoms in total. The summed E-state index contributed by atoms with van der Waals surface area (Å²) in [4.78, 5) is 25.0. The van der Waals surface area contributed by atoms with Gasteiger partial charge in [0.2, 0.25) is 5.91 Å². The Morgan fingerprint density at radius 1 is 1.32 bits per heavy atom. The number of nitrogens with one attached hydrogen (secondary N) is 1. The first-order valence-electron chi connectivity index (χ1n) is 10.3. The average molecular weight is 540 g/mol. The van der Waals surface area contributed by atoms with Crippen molar-refractivity contribution in [2.45, 2.75) is 25.9 Å². The van der Waals surface area contributed by atoms with E-state index in [4.69, 9.17) is 9.73 Å². The van der Waals surface area contributed by atoms with E-state index >= 15 is 0 Å². The first-order valence-corrected chi connectivity index (χ1v) is 10.3. The van der Waals surface area contributed by atoms with E-state index < -0.39 is 0 Å². The number of piperidine rings is 1. The minimum Gasteiger partial charge on any atom is -0.497 e. The number of rotatable bonds is 6. The lowest BCUT2D eigenvalue weighted by Gasteiger charge is -2.39. The Hall–Kier alpha value is -2.30. The number of imidazole rings is 1. The van der Waals surface area contributed by atoms with Gasteiger partial charge in [-0.1, -0.05) is 19.1 Å². The fourth-order valence-electron chi connectivity index (χ4n) is 3.57. The molecule has 1 aromatic carbocycles. The topological polar surface area (TPSA) is 75.0 Å². The molecule has 1 aromatic heterocycles. The number of amides is 1. The highest BCUT2D eigenvalue weighted by molar-refractivity contribution is 14.0. The van der Waals surface area contributed by atoms with Crippen LogP contribution in [-0.2, 0) is 11.3 Å². The summed E-state index contributed by atoms with van der Waals surface area (Å²) in [7, 11) is 5.18. The number of carbonyl (C=O) groups excluding carboxylic acids is 1. The molecule has 2 atom stereocenters. The Kier molecular flexibility index (Phi) is 9.60. The molecule has 2 aromatic rings. The molecule has 1 N–H and O–H groups in total. The lowest BCUT2D eigenvalue weighted by atomic mass is 9.93. The summed E-state index contributed by atoms with van der Waals surface area (Å²) in [5, 5.41) is 3.28. The maximum absolute atomic E-state index is 12.1. The number of methoxy groups -OCH3 is 1. The predicted octanol–water partition coefficient (Wildman–Crippen LogP) is 2.63. The van der Waals surface area contributed by atoms with Gasteiger partial charge in [0.1, 0.15) is 5.75 Å². The number of hydrogen-bond donors (Lipinski definition) is 1. The highest BCUT2D eigenvalue weighted by Crippen LogP contribution is 2.27. The van der Waals surface area contributed by atoms with Gasteiger partial charge in [-0.2, -0.15) is 0 Å². The minimum absolute atomic E-state index is 0. The van der Waals surface area contributed by atoms with Crippen LogP contribution in [0.15, 0.2) is 48.0 Å². The number of ether oxygens (including phenoxy) is 1. The van der Waals surface area contributed by atoms with Crippen molar-refractivity contribution in [2.24, 2.45) is 10.9 Å². The molecule has 2 heterocycles. The van der Waals surface area contributed by atoms with Gasteiger partial charge in [-0.05, 0) is 30.0 Å². The number of hydrogen-bond acceptors (Lipinski definition) is 4. The Morgan fingerprint density at radius 3 is 2.68 bits per heavy atom. The van der Waals surface area contributed by atoms with Gasteiger partial charge in [-0.25, -0.2) is 9.98 Å². The van der Waals surface area contributed by atoms with Crippen molar-refractivity contribution in [3.8, 4) is 5.75 Å². The molecule has 9 heteroatoms. The molecule has 170 valence electrons. The van der Waals surface area contributed by atoms with Gasteiger partial charge in [0, 0.05) is 39.6 Å². The van der Waals surface area contributed by atoms with Crippen LogP contribution in [0.3, 0.4) is 0 Å². The van der Waals surface area contributed by atoms with Crippen LogP contribution < -0.4 is 10.1 Å². The second-order valence-electron chi connectivity index (χ2n) is 7.92. The summed E-state index contributed by atoms with van der Waals surface area (Å²) in [5.74, 6) is 2.15. The second kappa shape index (κ2) is 11.9. The van der Waals surface area contributed by atoms with Gasteiger partial charge in [0.05, 0.1) is 32.6 Å². The molecular formula is C22H33IN6O2. The molecule has 1 aliphatic rings. The second-order valence-corrected chi connectivity index (χ2v) is 7.92. The van der Waals surface area contributed by atoms with Crippen molar-refractivity contribution in [3.05, 3.63) is 48.5 Å². The van der Waals surface area contributed by atoms with Crippen LogP contribution in [0.2, 0.25) is 0 Å². The number of likely N-dealkylation sites (N-methyl/N-ethyl adjacent to an activating group) is 1. The highest BCUT2D eigenvalue weighted by Gasteiger charge is 2.29. The number of nitrogens with zero attached hydrogens (tertiary/aromatic N) is 5. The van der Waals surface area contributed by atoms with E-state index in [1.807, 2.05) is 43.0 Å². The van der Waals surface area contributed by atoms with Crippen LogP contribution in [0.1, 0.15) is 24.9 Å². The Bertz CT molecular complexity index is 838. The summed E-state index contributed by atoms with van der Waals surface area (Å²) in [5.41, 5.74) is 1.09. The zero-order valence-corrected chi connectivity index (χ0v) is 21.0. The van der Waals surface area contributed by atoms with Crippen LogP contribution in [0, 0.1) is 5.92 Å². The van der Waals surface area contributed by atoms with Crippen molar-refractivity contribution in [3.63, 3.8) is 0 Å². The molecule has 3 rings (SSSR count). The van der Waals surface area contributed by atoms with E-state index in [2.05, 4.69) is 26.7 Å². The van der Waals surface area contributed by atoms with Crippen LogP contribution in [-0.4, -0.2) is 72.1 Å². The first kappa shape index (κ1) is 25.0. The molecule has 1 amide bonds. The quantitative estimate of drug-likeness (QED) is 0.347. The number of aliphatic imine (C=N–C) groups is 1. The van der Waals surface area contributed by atoms with Crippen molar-refractivity contribution in [1.82, 2.24) is 24.7 Å². The summed E-state index contributed by atoms with van der Waals surface area (Å²) in [6.45, 7) is 4.75.